The van der Waals surface area contributed by atoms with Gasteiger partial charge in [-0.05, 0) is 72.1 Å². The van der Waals surface area contributed by atoms with Gasteiger partial charge in [-0.3, -0.25) is 9.69 Å². The maximum Gasteiger partial charge on any atom is 0.410 e. The molecule has 1 aliphatic heterocycles. The number of carbonyl (C=O) groups is 2. The van der Waals surface area contributed by atoms with Crippen molar-refractivity contribution < 1.29 is 39.9 Å². The van der Waals surface area contributed by atoms with Crippen LogP contribution in [0.1, 0.15) is 72.1 Å². The fraction of sp³-hybridized carbons (Fsp3) is 0.913. The molecule has 1 amide bonds. The van der Waals surface area contributed by atoms with Crippen LogP contribution in [0.2, 0.25) is 0 Å². The molecule has 1 aliphatic rings. The van der Waals surface area contributed by atoms with E-state index >= 15 is 0 Å². The third kappa shape index (κ3) is 14.4. The number of aliphatic hydroxyl groups is 4. The molecule has 194 valence electrons. The molecule has 0 aromatic heterocycles. The molecule has 1 rings (SSSR count). The highest BCUT2D eigenvalue weighted by molar-refractivity contribution is 5.69. The molecule has 10 nitrogen and oxygen atoms in total. The lowest BCUT2D eigenvalue weighted by Gasteiger charge is -2.29. The summed E-state index contributed by atoms with van der Waals surface area (Å²) in [7, 11) is 0. The Morgan fingerprint density at radius 3 is 1.42 bits per heavy atom. The first-order chi connectivity index (χ1) is 15.4. The predicted octanol–water partition coefficient (Wildman–Crippen LogP) is 1.19. The maximum atomic E-state index is 12.6. The number of rotatable bonds is 2. The van der Waals surface area contributed by atoms with Crippen LogP contribution in [0.5, 0.6) is 0 Å². The fourth-order valence-electron chi connectivity index (χ4n) is 3.70. The summed E-state index contributed by atoms with van der Waals surface area (Å²) in [6.45, 7) is 6.40. The first-order valence-electron chi connectivity index (χ1n) is 12.0. The van der Waals surface area contributed by atoms with Crippen molar-refractivity contribution >= 4 is 12.1 Å². The molecule has 10 heteroatoms. The largest absolute Gasteiger partial charge is 0.480 e. The molecule has 0 bridgehead atoms. The van der Waals surface area contributed by atoms with E-state index in [4.69, 9.17) is 9.84 Å². The molecule has 0 aromatic carbocycles. The van der Waals surface area contributed by atoms with Gasteiger partial charge in [-0.15, -0.1) is 0 Å². The average molecular weight is 477 g/mol. The smallest absolute Gasteiger partial charge is 0.410 e. The van der Waals surface area contributed by atoms with Gasteiger partial charge in [0.05, 0.1) is 31.0 Å². The van der Waals surface area contributed by atoms with Gasteiger partial charge in [-0.2, -0.15) is 0 Å². The second kappa shape index (κ2) is 14.7. The van der Waals surface area contributed by atoms with Crippen LogP contribution in [-0.2, 0) is 9.53 Å². The van der Waals surface area contributed by atoms with E-state index in [-0.39, 0.29) is 19.6 Å². The number of hydrogen-bond acceptors (Lipinski definition) is 8. The van der Waals surface area contributed by atoms with Crippen molar-refractivity contribution in [3.63, 3.8) is 0 Å². The van der Waals surface area contributed by atoms with Crippen LogP contribution in [0.3, 0.4) is 0 Å². The van der Waals surface area contributed by atoms with Crippen LogP contribution in [0.15, 0.2) is 0 Å². The van der Waals surface area contributed by atoms with Crippen LogP contribution >= 0.6 is 0 Å². The number of nitrogens with zero attached hydrogens (tertiary/aromatic N) is 2. The first-order valence-corrected chi connectivity index (χ1v) is 12.0. The highest BCUT2D eigenvalue weighted by Crippen LogP contribution is 2.16. The van der Waals surface area contributed by atoms with Crippen molar-refractivity contribution in [2.24, 2.45) is 0 Å². The average Bonchev–Trinajstić information content (AvgIpc) is 2.70. The Bertz CT molecular complexity index is 555. The first kappa shape index (κ1) is 29.6. The second-order valence-corrected chi connectivity index (χ2v) is 10.1. The van der Waals surface area contributed by atoms with Crippen molar-refractivity contribution in [3.05, 3.63) is 0 Å². The van der Waals surface area contributed by atoms with Gasteiger partial charge in [0.15, 0.2) is 0 Å². The lowest BCUT2D eigenvalue weighted by molar-refractivity contribution is -0.138. The van der Waals surface area contributed by atoms with E-state index in [2.05, 4.69) is 0 Å². The van der Waals surface area contributed by atoms with E-state index in [1.54, 1.807) is 25.7 Å². The molecule has 1 saturated heterocycles. The molecular weight excluding hydrogens is 432 g/mol. The number of aliphatic carboxylic acids is 1. The Morgan fingerprint density at radius 1 is 0.727 bits per heavy atom. The monoisotopic (exact) mass is 476 g/mol. The summed E-state index contributed by atoms with van der Waals surface area (Å²) >= 11 is 0. The third-order valence-electron chi connectivity index (χ3n) is 5.70. The van der Waals surface area contributed by atoms with Crippen molar-refractivity contribution in [1.29, 1.82) is 0 Å². The molecule has 0 saturated carbocycles. The summed E-state index contributed by atoms with van der Waals surface area (Å²) in [6, 6.07) is 0. The molecular formula is C23H44N2O8. The van der Waals surface area contributed by atoms with Crippen LogP contribution in [-0.4, -0.2) is 110 Å². The van der Waals surface area contributed by atoms with Crippen LogP contribution < -0.4 is 0 Å². The quantitative estimate of drug-likeness (QED) is 0.396. The van der Waals surface area contributed by atoms with Crippen LogP contribution in [0, 0.1) is 0 Å². The van der Waals surface area contributed by atoms with E-state index in [0.717, 1.165) is 0 Å². The number of carboxylic acid groups (broad SMARTS) is 1. The molecule has 0 radical (unpaired) electrons. The van der Waals surface area contributed by atoms with Crippen molar-refractivity contribution in [3.8, 4) is 0 Å². The lowest BCUT2D eigenvalue weighted by Crippen LogP contribution is -2.40. The van der Waals surface area contributed by atoms with Gasteiger partial charge < -0.3 is 35.2 Å². The van der Waals surface area contributed by atoms with E-state index in [0.29, 0.717) is 64.5 Å². The summed E-state index contributed by atoms with van der Waals surface area (Å²) in [5.41, 5.74) is -0.664. The van der Waals surface area contributed by atoms with E-state index in [1.165, 1.54) is 4.90 Å². The molecule has 5 N–H and O–H groups in total. The summed E-state index contributed by atoms with van der Waals surface area (Å²) in [6.07, 6.45) is -0.532. The van der Waals surface area contributed by atoms with Gasteiger partial charge in [-0.1, -0.05) is 0 Å². The number of carbonyl (C=O) groups excluding carboxylic acids is 1. The Morgan fingerprint density at radius 2 is 1.09 bits per heavy atom. The number of aliphatic hydroxyl groups excluding tert-OH is 4. The highest BCUT2D eigenvalue weighted by atomic mass is 16.6. The minimum Gasteiger partial charge on any atom is -0.480 e. The Hall–Kier alpha value is -1.46. The van der Waals surface area contributed by atoms with Gasteiger partial charge >= 0.3 is 12.1 Å². The normalized spacial score (nSPS) is 28.5. The maximum absolute atomic E-state index is 12.6. The van der Waals surface area contributed by atoms with Crippen molar-refractivity contribution in [2.45, 2.75) is 102 Å². The van der Waals surface area contributed by atoms with Crippen LogP contribution in [0.25, 0.3) is 0 Å². The van der Waals surface area contributed by atoms with Gasteiger partial charge in [-0.25, -0.2) is 4.79 Å². The van der Waals surface area contributed by atoms with E-state index < -0.39 is 42.1 Å². The van der Waals surface area contributed by atoms with Gasteiger partial charge in [0.25, 0.3) is 0 Å². The molecule has 0 aliphatic carbocycles. The van der Waals surface area contributed by atoms with Gasteiger partial charge in [0.2, 0.25) is 0 Å². The number of ether oxygens (including phenoxy) is 1. The fourth-order valence-corrected chi connectivity index (χ4v) is 3.70. The minimum atomic E-state index is -0.971. The molecule has 1 heterocycles. The Kier molecular flexibility index (Phi) is 13.2. The summed E-state index contributed by atoms with van der Waals surface area (Å²) < 4.78 is 5.45. The molecule has 4 atom stereocenters. The Balaban J connectivity index is 2.80. The zero-order valence-corrected chi connectivity index (χ0v) is 20.4. The Labute approximate surface area is 197 Å². The van der Waals surface area contributed by atoms with Crippen molar-refractivity contribution in [2.75, 3.05) is 32.7 Å². The van der Waals surface area contributed by atoms with E-state index in [9.17, 15) is 30.0 Å². The SMILES string of the molecule is CC(C)(C)OC(=O)N1CCC(O)CCC(O)CCN(CC(=O)O)CCC(O)CCC(O)CC1. The van der Waals surface area contributed by atoms with E-state index in [1.807, 2.05) is 0 Å². The highest BCUT2D eigenvalue weighted by Gasteiger charge is 2.24. The molecule has 1 fully saturated rings. The minimum absolute atomic E-state index is 0.175. The number of amides is 1. The molecule has 0 spiro atoms. The number of hydrogen-bond donors (Lipinski definition) is 5. The zero-order chi connectivity index (χ0) is 25.0. The number of carboxylic acids is 1. The molecule has 4 unspecified atom stereocenters. The zero-order valence-electron chi connectivity index (χ0n) is 20.4. The summed E-state index contributed by atoms with van der Waals surface area (Å²) in [5, 5.41) is 50.4. The van der Waals surface area contributed by atoms with Gasteiger partial charge in [0.1, 0.15) is 5.60 Å². The molecule has 33 heavy (non-hydrogen) atoms. The second-order valence-electron chi connectivity index (χ2n) is 10.1. The van der Waals surface area contributed by atoms with Crippen LogP contribution in [0.4, 0.5) is 4.79 Å². The summed E-state index contributed by atoms with van der Waals surface area (Å²) in [4.78, 5) is 26.9. The predicted molar refractivity (Wildman–Crippen MR) is 123 cm³/mol. The molecule has 0 aromatic rings. The topological polar surface area (TPSA) is 151 Å². The van der Waals surface area contributed by atoms with Gasteiger partial charge in [0, 0.05) is 26.2 Å². The third-order valence-corrected chi connectivity index (χ3v) is 5.70. The summed E-state index contributed by atoms with van der Waals surface area (Å²) in [5.74, 6) is -0.971. The lowest BCUT2D eigenvalue weighted by atomic mass is 10.0. The van der Waals surface area contributed by atoms with Crippen molar-refractivity contribution in [1.82, 2.24) is 9.80 Å². The standard InChI is InChI=1S/C23H44N2O8/c1-23(2,3)33-22(32)25-14-10-19(28)6-4-17(26)8-12-24(16-21(30)31)13-9-18(27)5-7-20(29)11-15-25/h17-20,26-29H,4-16H2,1-3H3,(H,30,31).